The Bertz CT molecular complexity index is 456. The monoisotopic (exact) mass is 282 g/mol. The molecule has 0 radical (unpaired) electrons. The van der Waals surface area contributed by atoms with Gasteiger partial charge in [0.1, 0.15) is 6.10 Å². The minimum atomic E-state index is -1.03. The quantitative estimate of drug-likeness (QED) is 0.809. The van der Waals surface area contributed by atoms with Gasteiger partial charge < -0.3 is 19.7 Å². The first kappa shape index (κ1) is 13.9. The number of aromatic nitrogens is 2. The summed E-state index contributed by atoms with van der Waals surface area (Å²) in [6.07, 6.45) is 0.416. The summed E-state index contributed by atoms with van der Waals surface area (Å²) in [5.74, 6) is 0.827. The van der Waals surface area contributed by atoms with Crippen LogP contribution in [0.2, 0.25) is 0 Å². The molecule has 2 fully saturated rings. The molecule has 20 heavy (non-hydrogen) atoms. The van der Waals surface area contributed by atoms with Crippen LogP contribution in [0.3, 0.4) is 0 Å². The normalized spacial score (nSPS) is 32.1. The van der Waals surface area contributed by atoms with Crippen molar-refractivity contribution in [2.45, 2.75) is 38.0 Å². The molecule has 2 unspecified atom stereocenters. The van der Waals surface area contributed by atoms with E-state index in [9.17, 15) is 5.11 Å². The maximum atomic E-state index is 10.4. The van der Waals surface area contributed by atoms with E-state index < -0.39 is 5.60 Å². The first-order valence-electron chi connectivity index (χ1n) is 7.21. The fraction of sp³-hybridized carbons (Fsp3) is 0.846. The van der Waals surface area contributed by atoms with Gasteiger partial charge in [-0.3, -0.25) is 4.90 Å². The Morgan fingerprint density at radius 2 is 2.35 bits per heavy atom. The van der Waals surface area contributed by atoms with Gasteiger partial charge in [0.25, 0.3) is 5.89 Å². The minimum Gasteiger partial charge on any atom is -0.379 e. The molecule has 0 bridgehead atoms. The second-order valence-corrected chi connectivity index (χ2v) is 5.86. The molecule has 7 nitrogen and oxygen atoms in total. The zero-order valence-electron chi connectivity index (χ0n) is 12.0. The predicted molar refractivity (Wildman–Crippen MR) is 71.1 cm³/mol. The third kappa shape index (κ3) is 2.58. The molecule has 0 spiro atoms. The Balaban J connectivity index is 1.73. The van der Waals surface area contributed by atoms with E-state index in [2.05, 4.69) is 34.2 Å². The lowest BCUT2D eigenvalue weighted by atomic mass is 10.0. The van der Waals surface area contributed by atoms with Gasteiger partial charge in [0, 0.05) is 25.7 Å². The third-order valence-corrected chi connectivity index (χ3v) is 4.09. The van der Waals surface area contributed by atoms with Crippen LogP contribution in [0.5, 0.6) is 0 Å². The summed E-state index contributed by atoms with van der Waals surface area (Å²) in [5, 5.41) is 17.5. The van der Waals surface area contributed by atoms with Crippen LogP contribution in [0.1, 0.15) is 38.1 Å². The average molecular weight is 282 g/mol. The first-order valence-corrected chi connectivity index (χ1v) is 7.21. The van der Waals surface area contributed by atoms with Crippen molar-refractivity contribution >= 4 is 0 Å². The summed E-state index contributed by atoms with van der Waals surface area (Å²) in [4.78, 5) is 6.69. The van der Waals surface area contributed by atoms with E-state index in [1.54, 1.807) is 0 Å². The predicted octanol–water partition coefficient (Wildman–Crippen LogP) is 0.0322. The standard InChI is InChI=1S/C13H22N4O3/c1-9(2)17-5-6-19-10(7-17)11-15-12(20-16-11)13(18)3-4-14-8-13/h9-10,14,18H,3-8H2,1-2H3. The lowest BCUT2D eigenvalue weighted by molar-refractivity contribution is -0.0450. The van der Waals surface area contributed by atoms with Crippen molar-refractivity contribution in [1.82, 2.24) is 20.4 Å². The Labute approximate surface area is 118 Å². The molecule has 2 N–H and O–H groups in total. The zero-order chi connectivity index (χ0) is 14.2. The number of β-amino-alcohol motifs (C(OH)–C–C–N with tert-alkyl or cyclic N) is 1. The minimum absolute atomic E-state index is 0.179. The number of rotatable bonds is 3. The highest BCUT2D eigenvalue weighted by Crippen LogP contribution is 2.28. The Morgan fingerprint density at radius 1 is 1.50 bits per heavy atom. The molecule has 3 rings (SSSR count). The van der Waals surface area contributed by atoms with E-state index in [-0.39, 0.29) is 6.10 Å². The van der Waals surface area contributed by atoms with Crippen LogP contribution < -0.4 is 5.32 Å². The van der Waals surface area contributed by atoms with Crippen molar-refractivity contribution in [2.24, 2.45) is 0 Å². The van der Waals surface area contributed by atoms with Crippen LogP contribution in [-0.4, -0.2) is 59.0 Å². The fourth-order valence-corrected chi connectivity index (χ4v) is 2.71. The van der Waals surface area contributed by atoms with Crippen molar-refractivity contribution in [3.8, 4) is 0 Å². The van der Waals surface area contributed by atoms with Crippen LogP contribution in [-0.2, 0) is 10.3 Å². The van der Waals surface area contributed by atoms with E-state index in [0.29, 0.717) is 37.3 Å². The van der Waals surface area contributed by atoms with Gasteiger partial charge in [-0.25, -0.2) is 0 Å². The molecular formula is C13H22N4O3. The molecular weight excluding hydrogens is 260 g/mol. The SMILES string of the molecule is CC(C)N1CCOC(c2noc(C3(O)CCNC3)n2)C1. The number of nitrogens with zero attached hydrogens (tertiary/aromatic N) is 3. The molecule has 1 aromatic rings. The van der Waals surface area contributed by atoms with Gasteiger partial charge in [-0.1, -0.05) is 5.16 Å². The van der Waals surface area contributed by atoms with Crippen LogP contribution in [0, 0.1) is 0 Å². The summed E-state index contributed by atoms with van der Waals surface area (Å²) in [7, 11) is 0. The van der Waals surface area contributed by atoms with Gasteiger partial charge in [0.05, 0.1) is 6.61 Å². The molecule has 2 aliphatic rings. The second kappa shape index (κ2) is 5.40. The first-order chi connectivity index (χ1) is 9.58. The smallest absolute Gasteiger partial charge is 0.260 e. The second-order valence-electron chi connectivity index (χ2n) is 5.86. The molecule has 7 heteroatoms. The van der Waals surface area contributed by atoms with Gasteiger partial charge in [-0.05, 0) is 26.8 Å². The average Bonchev–Trinajstić information content (AvgIpc) is 3.08. The number of hydrogen-bond acceptors (Lipinski definition) is 7. The van der Waals surface area contributed by atoms with Gasteiger partial charge in [0.2, 0.25) is 5.82 Å². The summed E-state index contributed by atoms with van der Waals surface area (Å²) >= 11 is 0. The van der Waals surface area contributed by atoms with Gasteiger partial charge in [0.15, 0.2) is 5.60 Å². The van der Waals surface area contributed by atoms with Gasteiger partial charge in [-0.2, -0.15) is 4.98 Å². The maximum absolute atomic E-state index is 10.4. The summed E-state index contributed by atoms with van der Waals surface area (Å²) in [6, 6.07) is 0.469. The Hall–Kier alpha value is -1.02. The van der Waals surface area contributed by atoms with Crippen LogP contribution in [0.25, 0.3) is 0 Å². The van der Waals surface area contributed by atoms with E-state index in [4.69, 9.17) is 9.26 Å². The largest absolute Gasteiger partial charge is 0.379 e. The molecule has 2 atom stereocenters. The van der Waals surface area contributed by atoms with Crippen molar-refractivity contribution in [3.05, 3.63) is 11.7 Å². The Kier molecular flexibility index (Phi) is 3.76. The molecule has 112 valence electrons. The van der Waals surface area contributed by atoms with E-state index >= 15 is 0 Å². The molecule has 0 aromatic carbocycles. The molecule has 0 aliphatic carbocycles. The molecule has 0 amide bonds. The van der Waals surface area contributed by atoms with Gasteiger partial charge >= 0.3 is 0 Å². The molecule has 2 saturated heterocycles. The van der Waals surface area contributed by atoms with E-state index in [1.165, 1.54) is 0 Å². The van der Waals surface area contributed by atoms with E-state index in [1.807, 2.05) is 0 Å². The van der Waals surface area contributed by atoms with Crippen LogP contribution >= 0.6 is 0 Å². The lowest BCUT2D eigenvalue weighted by Gasteiger charge is -2.34. The number of hydrogen-bond donors (Lipinski definition) is 2. The van der Waals surface area contributed by atoms with Crippen molar-refractivity contribution in [1.29, 1.82) is 0 Å². The highest BCUT2D eigenvalue weighted by molar-refractivity contribution is 5.05. The zero-order valence-corrected chi connectivity index (χ0v) is 12.0. The highest BCUT2D eigenvalue weighted by Gasteiger charge is 2.39. The number of aliphatic hydroxyl groups is 1. The fourth-order valence-electron chi connectivity index (χ4n) is 2.71. The maximum Gasteiger partial charge on any atom is 0.260 e. The number of morpholine rings is 1. The molecule has 3 heterocycles. The summed E-state index contributed by atoms with van der Waals surface area (Å²) in [5.41, 5.74) is -1.03. The van der Waals surface area contributed by atoms with Crippen LogP contribution in [0.15, 0.2) is 4.52 Å². The van der Waals surface area contributed by atoms with E-state index in [0.717, 1.165) is 19.6 Å². The molecule has 0 saturated carbocycles. The topological polar surface area (TPSA) is 83.7 Å². The van der Waals surface area contributed by atoms with Crippen molar-refractivity contribution in [3.63, 3.8) is 0 Å². The van der Waals surface area contributed by atoms with Crippen molar-refractivity contribution < 1.29 is 14.4 Å². The van der Waals surface area contributed by atoms with Gasteiger partial charge in [-0.15, -0.1) is 0 Å². The highest BCUT2D eigenvalue weighted by atomic mass is 16.5. The molecule has 2 aliphatic heterocycles. The van der Waals surface area contributed by atoms with Crippen molar-refractivity contribution in [2.75, 3.05) is 32.8 Å². The van der Waals surface area contributed by atoms with Crippen LogP contribution in [0.4, 0.5) is 0 Å². The summed E-state index contributed by atoms with van der Waals surface area (Å²) in [6.45, 7) is 7.89. The Morgan fingerprint density at radius 3 is 3.05 bits per heavy atom. The lowest BCUT2D eigenvalue weighted by Crippen LogP contribution is -2.42. The summed E-state index contributed by atoms with van der Waals surface area (Å²) < 4.78 is 11.0. The number of ether oxygens (including phenoxy) is 1. The molecule has 1 aromatic heterocycles. The third-order valence-electron chi connectivity index (χ3n) is 4.09. The number of nitrogens with one attached hydrogen (secondary N) is 1.